The highest BCUT2D eigenvalue weighted by Crippen LogP contribution is 2.39. The van der Waals surface area contributed by atoms with Gasteiger partial charge in [-0.15, -0.1) is 22.7 Å². The lowest BCUT2D eigenvalue weighted by Crippen LogP contribution is -2.45. The predicted octanol–water partition coefficient (Wildman–Crippen LogP) is 11.0. The highest BCUT2D eigenvalue weighted by Gasteiger charge is 2.36. The lowest BCUT2D eigenvalue weighted by Gasteiger charge is -2.28. The first-order valence-corrected chi connectivity index (χ1v) is 22.2. The van der Waals surface area contributed by atoms with Crippen molar-refractivity contribution in [2.45, 2.75) is 53.1 Å². The zero-order valence-electron chi connectivity index (χ0n) is 34.9. The summed E-state index contributed by atoms with van der Waals surface area (Å²) in [6.45, 7) is 7.99. The lowest BCUT2D eigenvalue weighted by atomic mass is 10.0. The van der Waals surface area contributed by atoms with E-state index in [1.165, 1.54) is 4.90 Å². The van der Waals surface area contributed by atoms with Crippen LogP contribution in [-0.2, 0) is 12.8 Å². The summed E-state index contributed by atoms with van der Waals surface area (Å²) in [6, 6.07) is 31.5. The van der Waals surface area contributed by atoms with Gasteiger partial charge in [0.15, 0.2) is 11.5 Å². The molecule has 4 aromatic carbocycles. The molecule has 1 N–H and O–H groups in total. The van der Waals surface area contributed by atoms with E-state index in [1.54, 1.807) is 89.9 Å². The second kappa shape index (κ2) is 18.0. The Balaban J connectivity index is 0.948. The molecular formula is C50H42N6O5S2. The summed E-state index contributed by atoms with van der Waals surface area (Å²) >= 11 is 3.17. The van der Waals surface area contributed by atoms with E-state index in [0.29, 0.717) is 52.6 Å². The van der Waals surface area contributed by atoms with Crippen molar-refractivity contribution in [3.05, 3.63) is 182 Å². The van der Waals surface area contributed by atoms with E-state index in [-0.39, 0.29) is 17.9 Å². The van der Waals surface area contributed by atoms with E-state index in [2.05, 4.69) is 15.3 Å². The Kier molecular flexibility index (Phi) is 11.8. The number of ether oxygens (including phenoxy) is 3. The summed E-state index contributed by atoms with van der Waals surface area (Å²) in [7, 11) is 0. The first-order chi connectivity index (χ1) is 30.6. The van der Waals surface area contributed by atoms with Crippen LogP contribution < -0.4 is 24.4 Å². The lowest BCUT2D eigenvalue weighted by molar-refractivity contribution is 0.0411. The fourth-order valence-electron chi connectivity index (χ4n) is 7.15. The molecule has 314 valence electrons. The van der Waals surface area contributed by atoms with Crippen LogP contribution in [0.3, 0.4) is 0 Å². The molecule has 1 atom stereocenters. The SMILES string of the molecule is Cc1ccc(NC(=O)c2ccc3c(c2)OC(N(C(=O)c2ccc(OC(C)C)cc2)c2ccc(C)c(Cc4nc(-c5cccnc5)cs4)c2)O3)cc1Cc1nc(-c2cccnc2)cs1. The van der Waals surface area contributed by atoms with Crippen LogP contribution in [0.1, 0.15) is 66.8 Å². The maximum absolute atomic E-state index is 14.6. The van der Waals surface area contributed by atoms with Crippen LogP contribution in [-0.4, -0.2) is 44.3 Å². The van der Waals surface area contributed by atoms with Crippen LogP contribution in [0.25, 0.3) is 22.5 Å². The Morgan fingerprint density at radius 3 is 1.94 bits per heavy atom. The van der Waals surface area contributed by atoms with E-state index in [4.69, 9.17) is 24.2 Å². The second-order valence-electron chi connectivity index (χ2n) is 15.4. The number of aryl methyl sites for hydroxylation is 2. The molecule has 2 amide bonds. The number of hydrogen-bond donors (Lipinski definition) is 1. The van der Waals surface area contributed by atoms with Crippen molar-refractivity contribution in [2.75, 3.05) is 10.2 Å². The Morgan fingerprint density at radius 2 is 1.32 bits per heavy atom. The molecule has 1 aliphatic heterocycles. The Bertz CT molecular complexity index is 2920. The van der Waals surface area contributed by atoms with Gasteiger partial charge in [-0.1, -0.05) is 12.1 Å². The van der Waals surface area contributed by atoms with Crippen LogP contribution in [0.5, 0.6) is 17.2 Å². The van der Waals surface area contributed by atoms with Crippen LogP contribution >= 0.6 is 22.7 Å². The van der Waals surface area contributed by atoms with Crippen molar-refractivity contribution in [1.29, 1.82) is 0 Å². The van der Waals surface area contributed by atoms with E-state index in [9.17, 15) is 9.59 Å². The summed E-state index contributed by atoms with van der Waals surface area (Å²) in [6.07, 6.45) is 7.08. The number of anilines is 2. The number of nitrogens with zero attached hydrogens (tertiary/aromatic N) is 5. The van der Waals surface area contributed by atoms with E-state index < -0.39 is 6.41 Å². The number of aromatic nitrogens is 4. The summed E-state index contributed by atoms with van der Waals surface area (Å²) < 4.78 is 18.6. The quantitative estimate of drug-likeness (QED) is 0.120. The molecule has 63 heavy (non-hydrogen) atoms. The zero-order chi connectivity index (χ0) is 43.5. The van der Waals surface area contributed by atoms with Gasteiger partial charge in [0.05, 0.1) is 33.2 Å². The van der Waals surface area contributed by atoms with Gasteiger partial charge in [0.25, 0.3) is 11.8 Å². The minimum atomic E-state index is -1.17. The van der Waals surface area contributed by atoms with Crippen molar-refractivity contribution in [3.63, 3.8) is 0 Å². The number of nitrogens with one attached hydrogen (secondary N) is 1. The molecular weight excluding hydrogens is 829 g/mol. The molecule has 9 rings (SSSR count). The minimum Gasteiger partial charge on any atom is -0.491 e. The summed E-state index contributed by atoms with van der Waals surface area (Å²) in [5, 5.41) is 9.01. The van der Waals surface area contributed by atoms with Gasteiger partial charge in [-0.3, -0.25) is 19.6 Å². The maximum Gasteiger partial charge on any atom is 0.334 e. The molecule has 4 aromatic heterocycles. The number of rotatable bonds is 13. The van der Waals surface area contributed by atoms with Crippen molar-refractivity contribution in [2.24, 2.45) is 0 Å². The molecule has 0 saturated carbocycles. The van der Waals surface area contributed by atoms with Crippen LogP contribution in [0.2, 0.25) is 0 Å². The first kappa shape index (κ1) is 41.1. The normalized spacial score (nSPS) is 12.9. The Hall–Kier alpha value is -7.22. The zero-order valence-corrected chi connectivity index (χ0v) is 36.6. The van der Waals surface area contributed by atoms with Crippen molar-refractivity contribution in [1.82, 2.24) is 19.9 Å². The number of amides is 2. The fraction of sp³-hybridized carbons (Fsp3) is 0.160. The number of benzene rings is 4. The number of thiazole rings is 2. The van der Waals surface area contributed by atoms with Gasteiger partial charge < -0.3 is 19.5 Å². The van der Waals surface area contributed by atoms with Crippen LogP contribution in [0.15, 0.2) is 139 Å². The third-order valence-corrected chi connectivity index (χ3v) is 12.2. The van der Waals surface area contributed by atoms with Crippen molar-refractivity contribution < 1.29 is 23.8 Å². The van der Waals surface area contributed by atoms with E-state index in [1.807, 2.05) is 99.1 Å². The summed E-state index contributed by atoms with van der Waals surface area (Å²) in [5.41, 5.74) is 9.88. The average molecular weight is 871 g/mol. The van der Waals surface area contributed by atoms with Crippen molar-refractivity contribution in [3.8, 4) is 39.8 Å². The monoisotopic (exact) mass is 870 g/mol. The van der Waals surface area contributed by atoms with Crippen molar-refractivity contribution >= 4 is 45.9 Å². The van der Waals surface area contributed by atoms with Gasteiger partial charge in [-0.2, -0.15) is 0 Å². The van der Waals surface area contributed by atoms with Gasteiger partial charge in [0.2, 0.25) is 0 Å². The average Bonchev–Trinajstić information content (AvgIpc) is 4.07. The third-order valence-electron chi connectivity index (χ3n) is 10.5. The van der Waals surface area contributed by atoms with Gasteiger partial charge in [-0.25, -0.2) is 14.9 Å². The molecule has 11 nitrogen and oxygen atoms in total. The second-order valence-corrected chi connectivity index (χ2v) is 17.3. The van der Waals surface area contributed by atoms with Gasteiger partial charge in [0.1, 0.15) is 5.75 Å². The molecule has 13 heteroatoms. The summed E-state index contributed by atoms with van der Waals surface area (Å²) in [4.78, 5) is 48.0. The number of carbonyl (C=O) groups excluding carboxylic acids is 2. The number of pyridine rings is 2. The molecule has 0 bridgehead atoms. The molecule has 1 aliphatic rings. The molecule has 0 spiro atoms. The smallest absolute Gasteiger partial charge is 0.334 e. The first-order valence-electron chi connectivity index (χ1n) is 20.4. The molecule has 0 saturated heterocycles. The standard InChI is InChI=1S/C50H42N6O5S2/c1-30(2)59-41-16-11-33(12-17-41)49(58)56(40-15-10-32(4)38(22-40)25-47-55-43(29-63-47)36-8-6-20-52-27-36)50-60-44-18-13-34(23-45(44)61-50)48(57)53-39-14-9-31(3)37(21-39)24-46-54-42(28-62-46)35-7-5-19-51-26-35/h5-23,26-30,50H,24-25H2,1-4H3,(H,53,57). The predicted molar refractivity (Wildman–Crippen MR) is 247 cm³/mol. The molecule has 5 heterocycles. The molecule has 0 fully saturated rings. The topological polar surface area (TPSA) is 129 Å². The maximum atomic E-state index is 14.6. The summed E-state index contributed by atoms with van der Waals surface area (Å²) in [5.74, 6) is 0.734. The molecule has 0 radical (unpaired) electrons. The van der Waals surface area contributed by atoms with Gasteiger partial charge in [-0.05, 0) is 141 Å². The Labute approximate surface area is 373 Å². The molecule has 0 aliphatic carbocycles. The number of fused-ring (bicyclic) bond motifs is 1. The van der Waals surface area contributed by atoms with E-state index in [0.717, 1.165) is 54.8 Å². The van der Waals surface area contributed by atoms with Crippen LogP contribution in [0.4, 0.5) is 11.4 Å². The highest BCUT2D eigenvalue weighted by atomic mass is 32.1. The van der Waals surface area contributed by atoms with Gasteiger partial charge in [0, 0.05) is 76.3 Å². The van der Waals surface area contributed by atoms with Crippen LogP contribution in [0, 0.1) is 13.8 Å². The largest absolute Gasteiger partial charge is 0.491 e. The number of carbonyl (C=O) groups is 2. The van der Waals surface area contributed by atoms with Gasteiger partial charge >= 0.3 is 6.41 Å². The molecule has 8 aromatic rings. The minimum absolute atomic E-state index is 0.0196. The van der Waals surface area contributed by atoms with E-state index >= 15 is 0 Å². The fourth-order valence-corrected chi connectivity index (χ4v) is 8.81. The third kappa shape index (κ3) is 9.35. The number of hydrogen-bond acceptors (Lipinski definition) is 11. The molecule has 1 unspecified atom stereocenters. The highest BCUT2D eigenvalue weighted by molar-refractivity contribution is 7.10. The Morgan fingerprint density at radius 1 is 0.714 bits per heavy atom.